The van der Waals surface area contributed by atoms with Crippen LogP contribution in [0.4, 0.5) is 13.2 Å². The Morgan fingerprint density at radius 1 is 1.36 bits per heavy atom. The number of alkyl halides is 3. The summed E-state index contributed by atoms with van der Waals surface area (Å²) in [5, 5.41) is 4.37. The molecule has 1 aromatic heterocycles. The van der Waals surface area contributed by atoms with Crippen molar-refractivity contribution < 1.29 is 22.6 Å². The Balaban J connectivity index is 1.99. The molecule has 22 heavy (non-hydrogen) atoms. The van der Waals surface area contributed by atoms with Crippen LogP contribution in [0.1, 0.15) is 30.1 Å². The van der Waals surface area contributed by atoms with Gasteiger partial charge in [0, 0.05) is 19.6 Å². The summed E-state index contributed by atoms with van der Waals surface area (Å²) >= 11 is 0. The van der Waals surface area contributed by atoms with Gasteiger partial charge in [0.25, 0.3) is 0 Å². The number of methoxy groups -OCH3 is 1. The smallest absolute Gasteiger partial charge is 0.411 e. The minimum atomic E-state index is -4.27. The first kappa shape index (κ1) is 17.1. The zero-order valence-electron chi connectivity index (χ0n) is 13.1. The van der Waals surface area contributed by atoms with Gasteiger partial charge >= 0.3 is 6.18 Å². The van der Waals surface area contributed by atoms with E-state index in [9.17, 15) is 13.2 Å². The van der Waals surface area contributed by atoms with E-state index in [1.54, 1.807) is 11.8 Å². The van der Waals surface area contributed by atoms with Crippen LogP contribution in [0, 0.1) is 6.92 Å². The lowest BCUT2D eigenvalue weighted by molar-refractivity contribution is -0.174. The molecule has 5 nitrogen and oxygen atoms in total. The second kappa shape index (κ2) is 6.87. The minimum absolute atomic E-state index is 0.0671. The SMILES string of the molecule is COc1c([C@H]2CCCN2CCOCC(F)(F)F)c(C)nn1C. The number of halogens is 3. The zero-order chi connectivity index (χ0) is 16.3. The molecule has 0 aliphatic carbocycles. The van der Waals surface area contributed by atoms with Gasteiger partial charge in [0.05, 0.1) is 25.0 Å². The van der Waals surface area contributed by atoms with Gasteiger partial charge in [-0.25, -0.2) is 4.68 Å². The molecule has 0 aromatic carbocycles. The average Bonchev–Trinajstić information content (AvgIpc) is 2.97. The summed E-state index contributed by atoms with van der Waals surface area (Å²) in [6, 6.07) is 0.123. The quantitative estimate of drug-likeness (QED) is 0.755. The van der Waals surface area contributed by atoms with Crippen molar-refractivity contribution in [1.82, 2.24) is 14.7 Å². The molecule has 0 N–H and O–H groups in total. The first-order valence-electron chi connectivity index (χ1n) is 7.29. The van der Waals surface area contributed by atoms with Crippen molar-refractivity contribution in [3.05, 3.63) is 11.3 Å². The number of hydrogen-bond donors (Lipinski definition) is 0. The summed E-state index contributed by atoms with van der Waals surface area (Å²) in [6.07, 6.45) is -2.32. The molecule has 0 saturated carbocycles. The molecule has 0 amide bonds. The van der Waals surface area contributed by atoms with Crippen LogP contribution in [0.5, 0.6) is 5.88 Å². The number of aryl methyl sites for hydroxylation is 2. The van der Waals surface area contributed by atoms with Crippen molar-refractivity contribution >= 4 is 0 Å². The highest BCUT2D eigenvalue weighted by molar-refractivity contribution is 5.34. The fourth-order valence-corrected chi connectivity index (χ4v) is 3.07. The van der Waals surface area contributed by atoms with Crippen LogP contribution in [0.25, 0.3) is 0 Å². The molecule has 0 bridgehead atoms. The highest BCUT2D eigenvalue weighted by Gasteiger charge is 2.32. The lowest BCUT2D eigenvalue weighted by Gasteiger charge is -2.25. The van der Waals surface area contributed by atoms with Gasteiger partial charge in [-0.05, 0) is 26.3 Å². The average molecular weight is 321 g/mol. The number of hydrogen-bond acceptors (Lipinski definition) is 4. The lowest BCUT2D eigenvalue weighted by Crippen LogP contribution is -2.29. The molecule has 2 rings (SSSR count). The summed E-state index contributed by atoms with van der Waals surface area (Å²) in [5.41, 5.74) is 1.92. The number of nitrogens with zero attached hydrogens (tertiary/aromatic N) is 3. The standard InChI is InChI=1S/C14H22F3N3O2/c1-10-12(13(21-3)19(2)18-10)11-5-4-6-20(11)7-8-22-9-14(15,16)17/h11H,4-9H2,1-3H3/t11-/m1/s1. The van der Waals surface area contributed by atoms with E-state index >= 15 is 0 Å². The molecule has 0 unspecified atom stereocenters. The Labute approximate surface area is 128 Å². The fourth-order valence-electron chi connectivity index (χ4n) is 3.07. The van der Waals surface area contributed by atoms with E-state index in [0.717, 1.165) is 30.6 Å². The second-order valence-electron chi connectivity index (χ2n) is 5.49. The van der Waals surface area contributed by atoms with E-state index in [1.807, 2.05) is 14.0 Å². The minimum Gasteiger partial charge on any atom is -0.481 e. The van der Waals surface area contributed by atoms with E-state index in [4.69, 9.17) is 9.47 Å². The molecule has 0 radical (unpaired) electrons. The number of rotatable bonds is 6. The Hall–Kier alpha value is -1.28. The second-order valence-corrected chi connectivity index (χ2v) is 5.49. The van der Waals surface area contributed by atoms with Crippen LogP contribution in [-0.2, 0) is 11.8 Å². The van der Waals surface area contributed by atoms with Gasteiger partial charge in [-0.1, -0.05) is 0 Å². The number of aromatic nitrogens is 2. The third-order valence-corrected chi connectivity index (χ3v) is 3.89. The monoisotopic (exact) mass is 321 g/mol. The molecule has 1 saturated heterocycles. The molecule has 0 spiro atoms. The molecule has 8 heteroatoms. The molecule has 1 aliphatic rings. The predicted molar refractivity (Wildman–Crippen MR) is 74.9 cm³/mol. The van der Waals surface area contributed by atoms with Gasteiger partial charge < -0.3 is 9.47 Å². The molecule has 1 aliphatic heterocycles. The summed E-state index contributed by atoms with van der Waals surface area (Å²) in [6.45, 7) is 2.11. The normalized spacial score (nSPS) is 19.8. The number of ether oxygens (including phenoxy) is 2. The number of likely N-dealkylation sites (tertiary alicyclic amines) is 1. The Morgan fingerprint density at radius 2 is 2.09 bits per heavy atom. The molecular formula is C14H22F3N3O2. The molecule has 1 fully saturated rings. The van der Waals surface area contributed by atoms with Crippen LogP contribution in [0.2, 0.25) is 0 Å². The first-order valence-corrected chi connectivity index (χ1v) is 7.29. The maximum absolute atomic E-state index is 12.1. The summed E-state index contributed by atoms with van der Waals surface area (Å²) in [5.74, 6) is 0.714. The van der Waals surface area contributed by atoms with E-state index in [2.05, 4.69) is 10.00 Å². The topological polar surface area (TPSA) is 39.5 Å². The molecular weight excluding hydrogens is 299 g/mol. The van der Waals surface area contributed by atoms with Crippen LogP contribution < -0.4 is 4.74 Å². The van der Waals surface area contributed by atoms with Crippen molar-refractivity contribution in [3.8, 4) is 5.88 Å². The maximum atomic E-state index is 12.1. The van der Waals surface area contributed by atoms with Crippen molar-refractivity contribution in [2.24, 2.45) is 7.05 Å². The highest BCUT2D eigenvalue weighted by Crippen LogP contribution is 2.38. The Bertz CT molecular complexity index is 502. The van der Waals surface area contributed by atoms with Crippen molar-refractivity contribution in [2.75, 3.05) is 33.4 Å². The van der Waals surface area contributed by atoms with Gasteiger partial charge in [0.15, 0.2) is 0 Å². The molecule has 126 valence electrons. The largest absolute Gasteiger partial charge is 0.481 e. The van der Waals surface area contributed by atoms with Crippen LogP contribution in [0.3, 0.4) is 0 Å². The lowest BCUT2D eigenvalue weighted by atomic mass is 10.1. The summed E-state index contributed by atoms with van der Waals surface area (Å²) < 4.78 is 48.1. The third kappa shape index (κ3) is 3.92. The fraction of sp³-hybridized carbons (Fsp3) is 0.786. The van der Waals surface area contributed by atoms with Crippen LogP contribution >= 0.6 is 0 Å². The van der Waals surface area contributed by atoms with E-state index in [-0.39, 0.29) is 12.6 Å². The van der Waals surface area contributed by atoms with Gasteiger partial charge in [0.2, 0.25) is 5.88 Å². The Kier molecular flexibility index (Phi) is 5.33. The van der Waals surface area contributed by atoms with E-state index in [0.29, 0.717) is 12.4 Å². The van der Waals surface area contributed by atoms with Crippen molar-refractivity contribution in [2.45, 2.75) is 32.0 Å². The summed E-state index contributed by atoms with van der Waals surface area (Å²) in [7, 11) is 3.42. The van der Waals surface area contributed by atoms with E-state index < -0.39 is 12.8 Å². The van der Waals surface area contributed by atoms with Crippen molar-refractivity contribution in [1.29, 1.82) is 0 Å². The van der Waals surface area contributed by atoms with Gasteiger partial charge in [-0.2, -0.15) is 18.3 Å². The maximum Gasteiger partial charge on any atom is 0.411 e. The highest BCUT2D eigenvalue weighted by atomic mass is 19.4. The van der Waals surface area contributed by atoms with Gasteiger partial charge in [0.1, 0.15) is 6.61 Å². The van der Waals surface area contributed by atoms with Gasteiger partial charge in [-0.15, -0.1) is 0 Å². The van der Waals surface area contributed by atoms with Gasteiger partial charge in [-0.3, -0.25) is 4.90 Å². The predicted octanol–water partition coefficient (Wildman–Crippen LogP) is 2.45. The van der Waals surface area contributed by atoms with Crippen molar-refractivity contribution in [3.63, 3.8) is 0 Å². The third-order valence-electron chi connectivity index (χ3n) is 3.89. The Morgan fingerprint density at radius 3 is 2.73 bits per heavy atom. The van der Waals surface area contributed by atoms with E-state index in [1.165, 1.54) is 0 Å². The zero-order valence-corrected chi connectivity index (χ0v) is 13.1. The first-order chi connectivity index (χ1) is 10.3. The molecule has 2 heterocycles. The summed E-state index contributed by atoms with van der Waals surface area (Å²) in [4.78, 5) is 2.14. The molecule has 1 atom stereocenters. The van der Waals surface area contributed by atoms with Crippen LogP contribution in [-0.4, -0.2) is 54.3 Å². The molecule has 1 aromatic rings. The van der Waals surface area contributed by atoms with Crippen LogP contribution in [0.15, 0.2) is 0 Å².